The average Bonchev–Trinajstić information content (AvgIpc) is 2.71. The van der Waals surface area contributed by atoms with Crippen molar-refractivity contribution in [1.29, 1.82) is 0 Å². The molecule has 2 rings (SSSR count). The van der Waals surface area contributed by atoms with E-state index in [1.165, 1.54) is 25.9 Å². The number of ether oxygens (including phenoxy) is 1. The standard InChI is InChI=1S/C9H19N2OP/c1-13(10-4-2-3-5-10)11-6-8-12-9-7-11/h2-9H2,1H3. The van der Waals surface area contributed by atoms with Gasteiger partial charge in [-0.25, -0.2) is 0 Å². The molecule has 0 bridgehead atoms. The van der Waals surface area contributed by atoms with Crippen molar-refractivity contribution in [2.45, 2.75) is 12.8 Å². The molecule has 0 N–H and O–H groups in total. The molecule has 0 aromatic carbocycles. The van der Waals surface area contributed by atoms with Gasteiger partial charge in [-0.05, 0) is 19.5 Å². The molecule has 2 heterocycles. The molecule has 0 aromatic rings. The fourth-order valence-corrected chi connectivity index (χ4v) is 3.97. The summed E-state index contributed by atoms with van der Waals surface area (Å²) in [7, 11) is -0.0132. The molecule has 1 atom stereocenters. The Morgan fingerprint density at radius 3 is 2.08 bits per heavy atom. The first kappa shape index (κ1) is 9.85. The summed E-state index contributed by atoms with van der Waals surface area (Å²) in [6, 6.07) is 0. The Morgan fingerprint density at radius 2 is 1.46 bits per heavy atom. The number of nitrogens with zero attached hydrogens (tertiary/aromatic N) is 2. The molecule has 0 amide bonds. The Balaban J connectivity index is 1.83. The molecule has 0 radical (unpaired) electrons. The smallest absolute Gasteiger partial charge is 0.0597 e. The largest absolute Gasteiger partial charge is 0.379 e. The Morgan fingerprint density at radius 1 is 0.923 bits per heavy atom. The fraction of sp³-hybridized carbons (Fsp3) is 1.00. The first-order valence-corrected chi connectivity index (χ1v) is 6.88. The van der Waals surface area contributed by atoms with Crippen LogP contribution in [0.2, 0.25) is 0 Å². The zero-order valence-electron chi connectivity index (χ0n) is 8.41. The number of rotatable bonds is 2. The van der Waals surface area contributed by atoms with Gasteiger partial charge >= 0.3 is 0 Å². The van der Waals surface area contributed by atoms with Gasteiger partial charge in [-0.2, -0.15) is 0 Å². The molecule has 0 spiro atoms. The quantitative estimate of drug-likeness (QED) is 0.629. The fourth-order valence-electron chi connectivity index (χ4n) is 2.01. The minimum Gasteiger partial charge on any atom is -0.379 e. The van der Waals surface area contributed by atoms with E-state index in [-0.39, 0.29) is 8.22 Å². The van der Waals surface area contributed by atoms with Crippen molar-refractivity contribution in [3.63, 3.8) is 0 Å². The van der Waals surface area contributed by atoms with E-state index in [1.54, 1.807) is 0 Å². The van der Waals surface area contributed by atoms with E-state index >= 15 is 0 Å². The van der Waals surface area contributed by atoms with Gasteiger partial charge in [0.2, 0.25) is 0 Å². The molecule has 76 valence electrons. The highest BCUT2D eigenvalue weighted by Crippen LogP contribution is 2.42. The maximum absolute atomic E-state index is 5.36. The number of hydrogen-bond donors (Lipinski definition) is 0. The van der Waals surface area contributed by atoms with Crippen molar-refractivity contribution in [2.75, 3.05) is 46.1 Å². The van der Waals surface area contributed by atoms with Crippen LogP contribution in [0, 0.1) is 0 Å². The Labute approximate surface area is 81.9 Å². The Bertz CT molecular complexity index is 156. The topological polar surface area (TPSA) is 15.7 Å². The molecule has 3 nitrogen and oxygen atoms in total. The third-order valence-electron chi connectivity index (χ3n) is 2.89. The van der Waals surface area contributed by atoms with Gasteiger partial charge in [-0.3, -0.25) is 9.34 Å². The first-order valence-electron chi connectivity index (χ1n) is 5.19. The van der Waals surface area contributed by atoms with Crippen molar-refractivity contribution in [3.8, 4) is 0 Å². The molecule has 2 aliphatic rings. The van der Waals surface area contributed by atoms with Crippen LogP contribution in [0.25, 0.3) is 0 Å². The normalized spacial score (nSPS) is 29.3. The highest BCUT2D eigenvalue weighted by atomic mass is 31.1. The summed E-state index contributed by atoms with van der Waals surface area (Å²) in [6.45, 7) is 9.17. The lowest BCUT2D eigenvalue weighted by atomic mass is 10.4. The maximum atomic E-state index is 5.36. The third kappa shape index (κ3) is 2.41. The summed E-state index contributed by atoms with van der Waals surface area (Å²) in [5.41, 5.74) is 0. The molecule has 2 aliphatic heterocycles. The predicted molar refractivity (Wildman–Crippen MR) is 56.0 cm³/mol. The molecular formula is C9H19N2OP. The second-order valence-electron chi connectivity index (χ2n) is 3.72. The van der Waals surface area contributed by atoms with E-state index in [1.807, 2.05) is 0 Å². The van der Waals surface area contributed by atoms with E-state index in [2.05, 4.69) is 16.0 Å². The SMILES string of the molecule is CP(N1CCCC1)N1CCOCC1. The molecular weight excluding hydrogens is 183 g/mol. The van der Waals surface area contributed by atoms with Crippen LogP contribution in [0.1, 0.15) is 12.8 Å². The van der Waals surface area contributed by atoms with Crippen LogP contribution in [-0.4, -0.2) is 55.4 Å². The lowest BCUT2D eigenvalue weighted by Crippen LogP contribution is -2.36. The Hall–Kier alpha value is 0.310. The zero-order chi connectivity index (χ0) is 9.10. The summed E-state index contributed by atoms with van der Waals surface area (Å²) in [5.74, 6) is 0. The van der Waals surface area contributed by atoms with Crippen LogP contribution >= 0.6 is 8.22 Å². The van der Waals surface area contributed by atoms with Gasteiger partial charge in [0.25, 0.3) is 0 Å². The van der Waals surface area contributed by atoms with Crippen molar-refractivity contribution in [1.82, 2.24) is 9.34 Å². The summed E-state index contributed by atoms with van der Waals surface area (Å²) >= 11 is 0. The molecule has 0 aliphatic carbocycles. The summed E-state index contributed by atoms with van der Waals surface area (Å²) < 4.78 is 10.6. The van der Waals surface area contributed by atoms with E-state index in [4.69, 9.17) is 4.74 Å². The van der Waals surface area contributed by atoms with Gasteiger partial charge in [0, 0.05) is 34.4 Å². The van der Waals surface area contributed by atoms with Gasteiger partial charge in [-0.15, -0.1) is 0 Å². The van der Waals surface area contributed by atoms with E-state index in [0.29, 0.717) is 0 Å². The van der Waals surface area contributed by atoms with Gasteiger partial charge in [0.05, 0.1) is 13.2 Å². The van der Waals surface area contributed by atoms with Crippen LogP contribution < -0.4 is 0 Å². The molecule has 2 saturated heterocycles. The zero-order valence-corrected chi connectivity index (χ0v) is 9.30. The molecule has 2 fully saturated rings. The lowest BCUT2D eigenvalue weighted by Gasteiger charge is -2.36. The monoisotopic (exact) mass is 202 g/mol. The van der Waals surface area contributed by atoms with E-state index < -0.39 is 0 Å². The lowest BCUT2D eigenvalue weighted by molar-refractivity contribution is 0.0730. The predicted octanol–water partition coefficient (Wildman–Crippen LogP) is 1.36. The van der Waals surface area contributed by atoms with Crippen molar-refractivity contribution in [2.24, 2.45) is 0 Å². The van der Waals surface area contributed by atoms with Gasteiger partial charge in [-0.1, -0.05) is 0 Å². The highest BCUT2D eigenvalue weighted by molar-refractivity contribution is 7.51. The first-order chi connectivity index (χ1) is 6.38. The van der Waals surface area contributed by atoms with Crippen LogP contribution in [0.3, 0.4) is 0 Å². The molecule has 0 aromatic heterocycles. The maximum Gasteiger partial charge on any atom is 0.0597 e. The molecule has 0 saturated carbocycles. The summed E-state index contributed by atoms with van der Waals surface area (Å²) in [5, 5.41) is 0. The van der Waals surface area contributed by atoms with Crippen LogP contribution in [-0.2, 0) is 4.74 Å². The van der Waals surface area contributed by atoms with Crippen LogP contribution in [0.4, 0.5) is 0 Å². The third-order valence-corrected chi connectivity index (χ3v) is 5.33. The van der Waals surface area contributed by atoms with E-state index in [9.17, 15) is 0 Å². The highest BCUT2D eigenvalue weighted by Gasteiger charge is 2.24. The van der Waals surface area contributed by atoms with Crippen LogP contribution in [0.15, 0.2) is 0 Å². The second kappa shape index (κ2) is 4.70. The van der Waals surface area contributed by atoms with E-state index in [0.717, 1.165) is 26.3 Å². The van der Waals surface area contributed by atoms with Crippen molar-refractivity contribution >= 4 is 8.22 Å². The summed E-state index contributed by atoms with van der Waals surface area (Å²) in [6.07, 6.45) is 2.80. The number of hydrogen-bond acceptors (Lipinski definition) is 3. The van der Waals surface area contributed by atoms with Crippen molar-refractivity contribution in [3.05, 3.63) is 0 Å². The second-order valence-corrected chi connectivity index (χ2v) is 5.83. The van der Waals surface area contributed by atoms with Crippen molar-refractivity contribution < 1.29 is 4.74 Å². The van der Waals surface area contributed by atoms with Gasteiger partial charge in [0.1, 0.15) is 0 Å². The minimum atomic E-state index is -0.0132. The molecule has 13 heavy (non-hydrogen) atoms. The van der Waals surface area contributed by atoms with Gasteiger partial charge in [0.15, 0.2) is 0 Å². The van der Waals surface area contributed by atoms with Crippen LogP contribution in [0.5, 0.6) is 0 Å². The summed E-state index contributed by atoms with van der Waals surface area (Å²) in [4.78, 5) is 0. The molecule has 4 heteroatoms. The molecule has 1 unspecified atom stereocenters. The number of morpholine rings is 1. The minimum absolute atomic E-state index is 0.0132. The average molecular weight is 202 g/mol. The Kier molecular flexibility index (Phi) is 3.56. The van der Waals surface area contributed by atoms with Gasteiger partial charge < -0.3 is 4.74 Å².